The second kappa shape index (κ2) is 6.40. The molecule has 0 saturated heterocycles. The maximum atomic E-state index is 13.1. The molecule has 2 aromatic rings. The van der Waals surface area contributed by atoms with E-state index in [0.717, 1.165) is 12.0 Å². The summed E-state index contributed by atoms with van der Waals surface area (Å²) in [6.07, 6.45) is 0.757. The Hall–Kier alpha value is -1.05. The van der Waals surface area contributed by atoms with E-state index >= 15 is 0 Å². The summed E-state index contributed by atoms with van der Waals surface area (Å²) in [4.78, 5) is 0. The van der Waals surface area contributed by atoms with Crippen molar-refractivity contribution >= 4 is 23.2 Å². The van der Waals surface area contributed by atoms with Crippen LogP contribution in [0.1, 0.15) is 22.6 Å². The molecule has 0 nitrogen and oxygen atoms in total. The van der Waals surface area contributed by atoms with Crippen LogP contribution in [0.4, 0.5) is 4.39 Å². The molecule has 0 N–H and O–H groups in total. The predicted octanol–water partition coefficient (Wildman–Crippen LogP) is 5.35. The van der Waals surface area contributed by atoms with Crippen molar-refractivity contribution in [3.8, 4) is 0 Å². The van der Waals surface area contributed by atoms with Gasteiger partial charge in [-0.1, -0.05) is 47.5 Å². The molecule has 100 valence electrons. The van der Waals surface area contributed by atoms with Crippen LogP contribution in [-0.4, -0.2) is 5.88 Å². The first kappa shape index (κ1) is 14.4. The van der Waals surface area contributed by atoms with Crippen molar-refractivity contribution in [3.63, 3.8) is 0 Å². The minimum absolute atomic E-state index is 0.162. The second-order valence-electron chi connectivity index (χ2n) is 4.72. The summed E-state index contributed by atoms with van der Waals surface area (Å²) in [5.41, 5.74) is 3.42. The zero-order valence-electron chi connectivity index (χ0n) is 10.7. The van der Waals surface area contributed by atoms with Gasteiger partial charge in [-0.15, -0.1) is 11.6 Å². The predicted molar refractivity (Wildman–Crippen MR) is 79.8 cm³/mol. The first-order valence-corrected chi connectivity index (χ1v) is 7.08. The molecule has 0 saturated carbocycles. The van der Waals surface area contributed by atoms with Gasteiger partial charge in [-0.3, -0.25) is 0 Å². The maximum absolute atomic E-state index is 13.1. The van der Waals surface area contributed by atoms with E-state index in [1.807, 2.05) is 6.07 Å². The van der Waals surface area contributed by atoms with Gasteiger partial charge < -0.3 is 0 Å². The number of hydrogen-bond donors (Lipinski definition) is 0. The van der Waals surface area contributed by atoms with Crippen molar-refractivity contribution in [1.29, 1.82) is 0 Å². The summed E-state index contributed by atoms with van der Waals surface area (Å²) in [5, 5.41) is 0.162. The van der Waals surface area contributed by atoms with E-state index in [2.05, 4.69) is 25.1 Å². The third-order valence-electron chi connectivity index (χ3n) is 3.17. The third kappa shape index (κ3) is 3.71. The van der Waals surface area contributed by atoms with Gasteiger partial charge in [0.05, 0.1) is 5.02 Å². The fourth-order valence-corrected chi connectivity index (χ4v) is 2.63. The van der Waals surface area contributed by atoms with E-state index in [1.165, 1.54) is 17.2 Å². The fraction of sp³-hybridized carbons (Fsp3) is 0.250. The standard InChI is InChI=1S/C16H15Cl2F/c1-11-3-2-4-13(7-11)14(10-17)8-12-5-6-16(19)15(18)9-12/h2-7,9,14H,8,10H2,1H3. The minimum Gasteiger partial charge on any atom is -0.205 e. The average molecular weight is 297 g/mol. The SMILES string of the molecule is Cc1cccc(C(CCl)Cc2ccc(F)c(Cl)c2)c1. The molecule has 19 heavy (non-hydrogen) atoms. The van der Waals surface area contributed by atoms with E-state index in [-0.39, 0.29) is 16.8 Å². The highest BCUT2D eigenvalue weighted by molar-refractivity contribution is 6.30. The van der Waals surface area contributed by atoms with Crippen molar-refractivity contribution in [1.82, 2.24) is 0 Å². The smallest absolute Gasteiger partial charge is 0.141 e. The van der Waals surface area contributed by atoms with Gasteiger partial charge in [-0.2, -0.15) is 0 Å². The molecule has 0 aliphatic carbocycles. The molecule has 0 radical (unpaired) electrons. The lowest BCUT2D eigenvalue weighted by Gasteiger charge is -2.15. The average Bonchev–Trinajstić information content (AvgIpc) is 2.40. The highest BCUT2D eigenvalue weighted by Gasteiger charge is 2.12. The number of aryl methyl sites for hydroxylation is 1. The highest BCUT2D eigenvalue weighted by atomic mass is 35.5. The van der Waals surface area contributed by atoms with Crippen molar-refractivity contribution < 1.29 is 4.39 Å². The van der Waals surface area contributed by atoms with Gasteiger partial charge >= 0.3 is 0 Å². The van der Waals surface area contributed by atoms with Gasteiger partial charge in [0.1, 0.15) is 5.82 Å². The Balaban J connectivity index is 2.21. The molecular weight excluding hydrogens is 282 g/mol. The molecule has 0 aromatic heterocycles. The number of alkyl halides is 1. The summed E-state index contributed by atoms with van der Waals surface area (Å²) >= 11 is 11.9. The van der Waals surface area contributed by atoms with Crippen LogP contribution in [0, 0.1) is 12.7 Å². The van der Waals surface area contributed by atoms with Crippen LogP contribution >= 0.6 is 23.2 Å². The van der Waals surface area contributed by atoms with Gasteiger partial charge in [-0.05, 0) is 36.6 Å². The molecule has 1 atom stereocenters. The van der Waals surface area contributed by atoms with E-state index in [4.69, 9.17) is 23.2 Å². The summed E-state index contributed by atoms with van der Waals surface area (Å²) in [7, 11) is 0. The Morgan fingerprint density at radius 1 is 1.16 bits per heavy atom. The van der Waals surface area contributed by atoms with Gasteiger partial charge in [0.25, 0.3) is 0 Å². The molecule has 0 heterocycles. The van der Waals surface area contributed by atoms with Crippen LogP contribution < -0.4 is 0 Å². The quantitative estimate of drug-likeness (QED) is 0.667. The number of hydrogen-bond acceptors (Lipinski definition) is 0. The zero-order valence-corrected chi connectivity index (χ0v) is 12.2. The van der Waals surface area contributed by atoms with Crippen LogP contribution in [-0.2, 0) is 6.42 Å². The second-order valence-corrected chi connectivity index (χ2v) is 5.43. The van der Waals surface area contributed by atoms with Crippen LogP contribution in [0.5, 0.6) is 0 Å². The molecule has 0 bridgehead atoms. The maximum Gasteiger partial charge on any atom is 0.141 e. The third-order valence-corrected chi connectivity index (χ3v) is 3.83. The van der Waals surface area contributed by atoms with Gasteiger partial charge in [-0.25, -0.2) is 4.39 Å². The Labute approximate surface area is 123 Å². The largest absolute Gasteiger partial charge is 0.205 e. The topological polar surface area (TPSA) is 0 Å². The molecule has 0 amide bonds. The van der Waals surface area contributed by atoms with Gasteiger partial charge in [0.2, 0.25) is 0 Å². The summed E-state index contributed by atoms with van der Waals surface area (Å²) in [6.45, 7) is 2.06. The van der Waals surface area contributed by atoms with Crippen LogP contribution in [0.25, 0.3) is 0 Å². The van der Waals surface area contributed by atoms with E-state index in [9.17, 15) is 4.39 Å². The number of halogens is 3. The van der Waals surface area contributed by atoms with Gasteiger partial charge in [0.15, 0.2) is 0 Å². The van der Waals surface area contributed by atoms with Crippen molar-refractivity contribution in [2.45, 2.75) is 19.3 Å². The Bertz CT molecular complexity index is 566. The monoisotopic (exact) mass is 296 g/mol. The van der Waals surface area contributed by atoms with Crippen molar-refractivity contribution in [3.05, 3.63) is 70.0 Å². The van der Waals surface area contributed by atoms with Crippen molar-refractivity contribution in [2.75, 3.05) is 5.88 Å². The van der Waals surface area contributed by atoms with E-state index in [0.29, 0.717) is 5.88 Å². The lowest BCUT2D eigenvalue weighted by atomic mass is 9.92. The van der Waals surface area contributed by atoms with Crippen LogP contribution in [0.15, 0.2) is 42.5 Å². The number of benzene rings is 2. The zero-order chi connectivity index (χ0) is 13.8. The molecular formula is C16H15Cl2F. The van der Waals surface area contributed by atoms with Crippen LogP contribution in [0.3, 0.4) is 0 Å². The Morgan fingerprint density at radius 3 is 2.58 bits per heavy atom. The summed E-state index contributed by atoms with van der Waals surface area (Å²) < 4.78 is 13.1. The molecule has 0 aliphatic heterocycles. The first-order chi connectivity index (χ1) is 9.10. The normalized spacial score (nSPS) is 12.4. The van der Waals surface area contributed by atoms with E-state index < -0.39 is 0 Å². The van der Waals surface area contributed by atoms with Crippen LogP contribution in [0.2, 0.25) is 5.02 Å². The highest BCUT2D eigenvalue weighted by Crippen LogP contribution is 2.25. The molecule has 2 rings (SSSR count). The van der Waals surface area contributed by atoms with Crippen molar-refractivity contribution in [2.24, 2.45) is 0 Å². The molecule has 0 spiro atoms. The lowest BCUT2D eigenvalue weighted by Crippen LogP contribution is -2.05. The lowest BCUT2D eigenvalue weighted by molar-refractivity contribution is 0.626. The fourth-order valence-electron chi connectivity index (χ4n) is 2.14. The summed E-state index contributed by atoms with van der Waals surface area (Å²) in [5.74, 6) is 0.352. The molecule has 3 heteroatoms. The Kier molecular flexibility index (Phi) is 4.84. The minimum atomic E-state index is -0.386. The first-order valence-electron chi connectivity index (χ1n) is 6.16. The van der Waals surface area contributed by atoms with E-state index in [1.54, 1.807) is 12.1 Å². The molecule has 1 unspecified atom stereocenters. The Morgan fingerprint density at radius 2 is 1.95 bits per heavy atom. The number of rotatable bonds is 4. The summed E-state index contributed by atoms with van der Waals surface area (Å²) in [6, 6.07) is 13.1. The molecule has 0 aliphatic rings. The molecule has 2 aromatic carbocycles. The molecule has 0 fully saturated rings. The van der Waals surface area contributed by atoms with Gasteiger partial charge in [0, 0.05) is 11.8 Å².